The Hall–Kier alpha value is -1.48. The van der Waals surface area contributed by atoms with Crippen LogP contribution in [-0.4, -0.2) is 24.3 Å². The van der Waals surface area contributed by atoms with Crippen LogP contribution in [0.2, 0.25) is 0 Å². The van der Waals surface area contributed by atoms with Crippen molar-refractivity contribution in [2.75, 3.05) is 0 Å². The third-order valence-electron chi connectivity index (χ3n) is 1.16. The van der Waals surface area contributed by atoms with Gasteiger partial charge in [-0.3, -0.25) is 10.1 Å². The second-order valence-corrected chi connectivity index (χ2v) is 2.37. The number of carbonyl (C=O) groups excluding carboxylic acids is 2. The molecule has 0 aromatic heterocycles. The molecule has 0 aromatic rings. The largest absolute Gasteiger partial charge is 0.409 e. The van der Waals surface area contributed by atoms with Gasteiger partial charge in [-0.25, -0.2) is 4.79 Å². The van der Waals surface area contributed by atoms with Gasteiger partial charge in [0.2, 0.25) is 11.8 Å². The zero-order valence-electron chi connectivity index (χ0n) is 6.74. The van der Waals surface area contributed by atoms with Gasteiger partial charge < -0.3 is 5.73 Å². The Morgan fingerprint density at radius 1 is 1.00 bits per heavy atom. The van der Waals surface area contributed by atoms with E-state index in [-0.39, 0.29) is 0 Å². The number of imide groups is 1. The summed E-state index contributed by atoms with van der Waals surface area (Å²) in [6.45, 7) is 0. The molecule has 0 fully saturated rings. The molecule has 0 atom stereocenters. The molecule has 3 amide bonds. The lowest BCUT2D eigenvalue weighted by Crippen LogP contribution is -2.50. The van der Waals surface area contributed by atoms with Crippen molar-refractivity contribution in [2.24, 2.45) is 11.7 Å². The van der Waals surface area contributed by atoms with E-state index in [2.05, 4.69) is 5.73 Å². The first-order valence-electron chi connectivity index (χ1n) is 3.20. The second kappa shape index (κ2) is 3.95. The molecule has 0 aliphatic heterocycles. The molecule has 0 spiro atoms. The highest BCUT2D eigenvalue weighted by atomic mass is 19.4. The summed E-state index contributed by atoms with van der Waals surface area (Å²) in [5, 5.41) is 0.716. The van der Waals surface area contributed by atoms with Crippen LogP contribution in [0.3, 0.4) is 0 Å². The van der Waals surface area contributed by atoms with Crippen LogP contribution in [0.25, 0.3) is 0 Å². The molecule has 0 aliphatic carbocycles. The lowest BCUT2D eigenvalue weighted by atomic mass is 10.1. The number of urea groups is 1. The van der Waals surface area contributed by atoms with E-state index in [1.807, 2.05) is 0 Å². The predicted octanol–water partition coefficient (Wildman–Crippen LogP) is 0.922. The van der Waals surface area contributed by atoms with E-state index in [9.17, 15) is 35.9 Å². The highest BCUT2D eigenvalue weighted by Crippen LogP contribution is 2.39. The molecule has 88 valence electrons. The first kappa shape index (κ1) is 13.5. The quantitative estimate of drug-likeness (QED) is 0.667. The summed E-state index contributed by atoms with van der Waals surface area (Å²) < 4.78 is 70.7. The zero-order chi connectivity index (χ0) is 12.4. The Morgan fingerprint density at radius 3 is 1.53 bits per heavy atom. The van der Waals surface area contributed by atoms with E-state index in [1.54, 1.807) is 0 Å². The van der Waals surface area contributed by atoms with Gasteiger partial charge in [0.1, 0.15) is 0 Å². The fourth-order valence-corrected chi connectivity index (χ4v) is 0.676. The molecule has 0 saturated heterocycles. The van der Waals surface area contributed by atoms with Crippen LogP contribution in [0.15, 0.2) is 0 Å². The van der Waals surface area contributed by atoms with Crippen molar-refractivity contribution in [3.8, 4) is 0 Å². The number of amides is 3. The van der Waals surface area contributed by atoms with Crippen LogP contribution < -0.4 is 11.1 Å². The minimum absolute atomic E-state index is 0.716. The number of alkyl halides is 6. The van der Waals surface area contributed by atoms with Gasteiger partial charge in [0.05, 0.1) is 0 Å². The number of carbonyl (C=O) groups is 2. The molecule has 15 heavy (non-hydrogen) atoms. The minimum Gasteiger partial charge on any atom is -0.351 e. The molecule has 10 heteroatoms. The smallest absolute Gasteiger partial charge is 0.351 e. The normalized spacial score (nSPS) is 12.7. The summed E-state index contributed by atoms with van der Waals surface area (Å²) in [7, 11) is 0. The van der Waals surface area contributed by atoms with Crippen molar-refractivity contribution in [3.05, 3.63) is 0 Å². The standard InChI is InChI=1S/C5H4F6N2O2/c6-4(7,8)1(5(9,10)11)2(14)13-3(12)15/h1H,(H3,12,13,14,15). The van der Waals surface area contributed by atoms with E-state index in [4.69, 9.17) is 0 Å². The maximum absolute atomic E-state index is 11.8. The summed E-state index contributed by atoms with van der Waals surface area (Å²) >= 11 is 0. The Balaban J connectivity index is 4.98. The molecule has 0 unspecified atom stereocenters. The fraction of sp³-hybridized carbons (Fsp3) is 0.600. The highest BCUT2D eigenvalue weighted by molar-refractivity contribution is 5.95. The summed E-state index contributed by atoms with van der Waals surface area (Å²) in [5.74, 6) is -6.82. The Bertz CT molecular complexity index is 256. The number of hydrogen-bond acceptors (Lipinski definition) is 2. The topological polar surface area (TPSA) is 72.2 Å². The Morgan fingerprint density at radius 2 is 1.33 bits per heavy atom. The summed E-state index contributed by atoms with van der Waals surface area (Å²) in [6, 6.07) is -1.79. The van der Waals surface area contributed by atoms with Gasteiger partial charge in [0.15, 0.2) is 0 Å². The molecule has 0 radical (unpaired) electrons. The van der Waals surface area contributed by atoms with Gasteiger partial charge in [-0.1, -0.05) is 0 Å². The number of nitrogens with one attached hydrogen (secondary N) is 1. The summed E-state index contributed by atoms with van der Waals surface area (Å²) in [6.07, 6.45) is -11.7. The van der Waals surface area contributed by atoms with Crippen LogP contribution in [0.1, 0.15) is 0 Å². The van der Waals surface area contributed by atoms with Crippen LogP contribution in [0, 0.1) is 5.92 Å². The van der Waals surface area contributed by atoms with Crippen molar-refractivity contribution in [1.82, 2.24) is 5.32 Å². The van der Waals surface area contributed by atoms with Gasteiger partial charge >= 0.3 is 18.4 Å². The Kier molecular flexibility index (Phi) is 3.56. The summed E-state index contributed by atoms with van der Waals surface area (Å²) in [4.78, 5) is 20.3. The molecule has 0 rings (SSSR count). The molecular formula is C5H4F6N2O2. The molecule has 4 nitrogen and oxygen atoms in total. The highest BCUT2D eigenvalue weighted by Gasteiger charge is 2.61. The molecule has 0 saturated carbocycles. The lowest BCUT2D eigenvalue weighted by molar-refractivity contribution is -0.273. The number of rotatable bonds is 1. The van der Waals surface area contributed by atoms with Crippen LogP contribution in [0.4, 0.5) is 31.1 Å². The van der Waals surface area contributed by atoms with Crippen LogP contribution in [0.5, 0.6) is 0 Å². The Labute approximate surface area is 78.4 Å². The minimum atomic E-state index is -5.84. The maximum atomic E-state index is 11.8. The van der Waals surface area contributed by atoms with E-state index < -0.39 is 30.2 Å². The van der Waals surface area contributed by atoms with E-state index >= 15 is 0 Å². The van der Waals surface area contributed by atoms with Gasteiger partial charge in [-0.2, -0.15) is 26.3 Å². The number of nitrogens with two attached hydrogens (primary N) is 1. The first-order valence-corrected chi connectivity index (χ1v) is 3.20. The molecular weight excluding hydrogens is 234 g/mol. The third-order valence-corrected chi connectivity index (χ3v) is 1.16. The molecule has 0 heterocycles. The van der Waals surface area contributed by atoms with Crippen LogP contribution in [-0.2, 0) is 4.79 Å². The fourth-order valence-electron chi connectivity index (χ4n) is 0.676. The van der Waals surface area contributed by atoms with Gasteiger partial charge in [0.25, 0.3) is 0 Å². The van der Waals surface area contributed by atoms with Crippen molar-refractivity contribution in [1.29, 1.82) is 0 Å². The number of primary amides is 1. The van der Waals surface area contributed by atoms with Crippen molar-refractivity contribution in [3.63, 3.8) is 0 Å². The first-order chi connectivity index (χ1) is 6.46. The van der Waals surface area contributed by atoms with Gasteiger partial charge in [-0.15, -0.1) is 0 Å². The van der Waals surface area contributed by atoms with Gasteiger partial charge in [0, 0.05) is 0 Å². The summed E-state index contributed by atoms with van der Waals surface area (Å²) in [5.41, 5.74) is 4.21. The second-order valence-electron chi connectivity index (χ2n) is 2.37. The molecule has 0 aliphatic rings. The van der Waals surface area contributed by atoms with E-state index in [0.717, 1.165) is 0 Å². The third kappa shape index (κ3) is 4.04. The predicted molar refractivity (Wildman–Crippen MR) is 33.3 cm³/mol. The van der Waals surface area contributed by atoms with Crippen molar-refractivity contribution >= 4 is 11.9 Å². The van der Waals surface area contributed by atoms with Crippen LogP contribution >= 0.6 is 0 Å². The van der Waals surface area contributed by atoms with E-state index in [0.29, 0.717) is 5.32 Å². The monoisotopic (exact) mass is 238 g/mol. The SMILES string of the molecule is NC(=O)NC(=O)C(C(F)(F)F)C(F)(F)F. The van der Waals surface area contributed by atoms with Crippen molar-refractivity contribution < 1.29 is 35.9 Å². The molecule has 0 bridgehead atoms. The molecule has 0 aromatic carbocycles. The molecule has 3 N–H and O–H groups in total. The number of halogens is 6. The average Bonchev–Trinajstić information content (AvgIpc) is 1.74. The van der Waals surface area contributed by atoms with Gasteiger partial charge in [-0.05, 0) is 0 Å². The maximum Gasteiger partial charge on any atom is 0.409 e. The zero-order valence-corrected chi connectivity index (χ0v) is 6.74. The van der Waals surface area contributed by atoms with E-state index in [1.165, 1.54) is 0 Å². The average molecular weight is 238 g/mol. The lowest BCUT2D eigenvalue weighted by Gasteiger charge is -2.20. The van der Waals surface area contributed by atoms with Crippen molar-refractivity contribution in [2.45, 2.75) is 12.4 Å². The number of hydrogen-bond donors (Lipinski definition) is 2.